The third-order valence-corrected chi connectivity index (χ3v) is 3.42. The Morgan fingerprint density at radius 3 is 2.38 bits per heavy atom. The van der Waals surface area contributed by atoms with E-state index in [0.29, 0.717) is 0 Å². The Morgan fingerprint density at radius 1 is 1.44 bits per heavy atom. The molecule has 3 nitrogen and oxygen atoms in total. The summed E-state index contributed by atoms with van der Waals surface area (Å²) in [5, 5.41) is 0. The van der Waals surface area contributed by atoms with Gasteiger partial charge in [0, 0.05) is 10.4 Å². The van der Waals surface area contributed by atoms with E-state index in [2.05, 4.69) is 15.9 Å². The number of carbonyl (C=O) groups excluding carboxylic acids is 1. The van der Waals surface area contributed by atoms with Crippen molar-refractivity contribution in [3.63, 3.8) is 0 Å². The molecular weight excluding hydrogens is 270 g/mol. The van der Waals surface area contributed by atoms with Crippen LogP contribution in [0, 0.1) is 0 Å². The van der Waals surface area contributed by atoms with Crippen molar-refractivity contribution in [3.8, 4) is 0 Å². The molecule has 2 atom stereocenters. The molecule has 88 valence electrons. The highest BCUT2D eigenvalue weighted by atomic mass is 79.9. The molecule has 0 spiro atoms. The van der Waals surface area contributed by atoms with Crippen LogP contribution in [0.1, 0.15) is 25.3 Å². The molecule has 1 aromatic rings. The summed E-state index contributed by atoms with van der Waals surface area (Å²) in [4.78, 5) is 11.6. The van der Waals surface area contributed by atoms with Gasteiger partial charge in [0.1, 0.15) is 5.54 Å². The number of rotatable bonds is 3. The topological polar surface area (TPSA) is 52.3 Å². The SMILES string of the molecule is COC(=O)[C@@](C)(N)[C@@H](C)c1ccc(Br)cc1. The summed E-state index contributed by atoms with van der Waals surface area (Å²) in [6.45, 7) is 3.60. The largest absolute Gasteiger partial charge is 0.468 e. The van der Waals surface area contributed by atoms with Gasteiger partial charge in [-0.1, -0.05) is 35.0 Å². The molecule has 0 unspecified atom stereocenters. The summed E-state index contributed by atoms with van der Waals surface area (Å²) >= 11 is 3.36. The summed E-state index contributed by atoms with van der Waals surface area (Å²) in [6, 6.07) is 7.75. The number of methoxy groups -OCH3 is 1. The van der Waals surface area contributed by atoms with Gasteiger partial charge in [0.15, 0.2) is 0 Å². The predicted octanol–water partition coefficient (Wildman–Crippen LogP) is 2.44. The molecule has 2 N–H and O–H groups in total. The second-order valence-corrected chi connectivity index (χ2v) is 4.96. The van der Waals surface area contributed by atoms with E-state index in [1.54, 1.807) is 6.92 Å². The minimum atomic E-state index is -1.01. The summed E-state index contributed by atoms with van der Waals surface area (Å²) < 4.78 is 5.71. The van der Waals surface area contributed by atoms with Crippen molar-refractivity contribution in [3.05, 3.63) is 34.3 Å². The first-order valence-electron chi connectivity index (χ1n) is 5.02. The molecule has 0 radical (unpaired) electrons. The number of benzene rings is 1. The lowest BCUT2D eigenvalue weighted by Gasteiger charge is -2.29. The van der Waals surface area contributed by atoms with Crippen molar-refractivity contribution in [2.75, 3.05) is 7.11 Å². The van der Waals surface area contributed by atoms with E-state index in [1.807, 2.05) is 31.2 Å². The molecule has 0 aliphatic carbocycles. The summed E-state index contributed by atoms with van der Waals surface area (Å²) in [5.74, 6) is -0.504. The Kier molecular flexibility index (Phi) is 4.10. The van der Waals surface area contributed by atoms with E-state index in [4.69, 9.17) is 10.5 Å². The van der Waals surface area contributed by atoms with Crippen LogP contribution in [0.3, 0.4) is 0 Å². The zero-order valence-corrected chi connectivity index (χ0v) is 11.2. The molecule has 0 saturated heterocycles. The average Bonchev–Trinajstić information content (AvgIpc) is 2.28. The number of nitrogens with two attached hydrogens (primary N) is 1. The van der Waals surface area contributed by atoms with Crippen molar-refractivity contribution < 1.29 is 9.53 Å². The van der Waals surface area contributed by atoms with Gasteiger partial charge in [-0.25, -0.2) is 0 Å². The predicted molar refractivity (Wildman–Crippen MR) is 67.2 cm³/mol. The van der Waals surface area contributed by atoms with Crippen LogP contribution in [0.4, 0.5) is 0 Å². The minimum absolute atomic E-state index is 0.104. The van der Waals surface area contributed by atoms with E-state index in [0.717, 1.165) is 10.0 Å². The minimum Gasteiger partial charge on any atom is -0.468 e. The molecule has 0 aromatic heterocycles. The average molecular weight is 286 g/mol. The lowest BCUT2D eigenvalue weighted by molar-refractivity contribution is -0.147. The highest BCUT2D eigenvalue weighted by Gasteiger charge is 2.36. The molecule has 0 aliphatic heterocycles. The molecule has 0 aliphatic rings. The molecule has 0 amide bonds. The van der Waals surface area contributed by atoms with E-state index in [-0.39, 0.29) is 5.92 Å². The normalized spacial score (nSPS) is 16.3. The number of hydrogen-bond acceptors (Lipinski definition) is 3. The molecule has 0 heterocycles. The maximum absolute atomic E-state index is 11.6. The van der Waals surface area contributed by atoms with E-state index >= 15 is 0 Å². The fraction of sp³-hybridized carbons (Fsp3) is 0.417. The lowest BCUT2D eigenvalue weighted by Crippen LogP contribution is -2.50. The molecular formula is C12H16BrNO2. The van der Waals surface area contributed by atoms with Gasteiger partial charge < -0.3 is 10.5 Å². The van der Waals surface area contributed by atoms with Crippen molar-refractivity contribution in [2.45, 2.75) is 25.3 Å². The van der Waals surface area contributed by atoms with E-state index in [1.165, 1.54) is 7.11 Å². The summed E-state index contributed by atoms with van der Waals surface area (Å²) in [7, 11) is 1.35. The first-order valence-corrected chi connectivity index (χ1v) is 5.81. The van der Waals surface area contributed by atoms with Gasteiger partial charge >= 0.3 is 5.97 Å². The van der Waals surface area contributed by atoms with Crippen molar-refractivity contribution in [1.82, 2.24) is 0 Å². The maximum atomic E-state index is 11.6. The van der Waals surface area contributed by atoms with Crippen LogP contribution >= 0.6 is 15.9 Å². The molecule has 4 heteroatoms. The zero-order chi connectivity index (χ0) is 12.3. The standard InChI is InChI=1S/C12H16BrNO2/c1-8(12(2,14)11(15)16-3)9-4-6-10(13)7-5-9/h4-8H,14H2,1-3H3/t8-,12-/m0/s1. The smallest absolute Gasteiger partial charge is 0.326 e. The number of hydrogen-bond donors (Lipinski definition) is 1. The second kappa shape index (κ2) is 4.97. The van der Waals surface area contributed by atoms with Crippen LogP contribution < -0.4 is 5.73 Å². The summed E-state index contributed by atoms with van der Waals surface area (Å²) in [6.07, 6.45) is 0. The Balaban J connectivity index is 2.97. The first kappa shape index (κ1) is 13.2. The van der Waals surface area contributed by atoms with Crippen LogP contribution in [0.5, 0.6) is 0 Å². The van der Waals surface area contributed by atoms with Crippen molar-refractivity contribution in [2.24, 2.45) is 5.73 Å². The Hall–Kier alpha value is -0.870. The Labute approximate surface area is 104 Å². The van der Waals surface area contributed by atoms with Crippen LogP contribution in [0.2, 0.25) is 0 Å². The molecule has 1 rings (SSSR count). The van der Waals surface area contributed by atoms with Gasteiger partial charge in [-0.3, -0.25) is 4.79 Å². The number of esters is 1. The third-order valence-electron chi connectivity index (χ3n) is 2.89. The molecule has 0 saturated carbocycles. The number of carbonyl (C=O) groups is 1. The van der Waals surface area contributed by atoms with Crippen molar-refractivity contribution >= 4 is 21.9 Å². The van der Waals surface area contributed by atoms with Gasteiger partial charge in [0.25, 0.3) is 0 Å². The maximum Gasteiger partial charge on any atom is 0.326 e. The Morgan fingerprint density at radius 2 is 1.94 bits per heavy atom. The fourth-order valence-electron chi connectivity index (χ4n) is 1.49. The van der Waals surface area contributed by atoms with Crippen molar-refractivity contribution in [1.29, 1.82) is 0 Å². The monoisotopic (exact) mass is 285 g/mol. The first-order chi connectivity index (χ1) is 7.39. The second-order valence-electron chi connectivity index (χ2n) is 4.05. The third kappa shape index (κ3) is 2.62. The van der Waals surface area contributed by atoms with Gasteiger partial charge in [0.2, 0.25) is 0 Å². The molecule has 16 heavy (non-hydrogen) atoms. The van der Waals surface area contributed by atoms with E-state index in [9.17, 15) is 4.79 Å². The highest BCUT2D eigenvalue weighted by Crippen LogP contribution is 2.27. The van der Waals surface area contributed by atoms with Gasteiger partial charge in [-0.2, -0.15) is 0 Å². The van der Waals surface area contributed by atoms with Gasteiger partial charge in [-0.15, -0.1) is 0 Å². The van der Waals surface area contributed by atoms with Crippen LogP contribution in [-0.2, 0) is 9.53 Å². The lowest BCUT2D eigenvalue weighted by atomic mass is 9.83. The number of halogens is 1. The number of ether oxygens (including phenoxy) is 1. The highest BCUT2D eigenvalue weighted by molar-refractivity contribution is 9.10. The Bertz CT molecular complexity index is 373. The van der Waals surface area contributed by atoms with Crippen LogP contribution in [-0.4, -0.2) is 18.6 Å². The van der Waals surface area contributed by atoms with E-state index < -0.39 is 11.5 Å². The zero-order valence-electron chi connectivity index (χ0n) is 9.66. The van der Waals surface area contributed by atoms with Crippen LogP contribution in [0.15, 0.2) is 28.7 Å². The molecule has 1 aromatic carbocycles. The summed E-state index contributed by atoms with van der Waals surface area (Å²) in [5.41, 5.74) is 6.00. The quantitative estimate of drug-likeness (QED) is 0.868. The molecule has 0 bridgehead atoms. The fourth-order valence-corrected chi connectivity index (χ4v) is 1.76. The van der Waals surface area contributed by atoms with Gasteiger partial charge in [-0.05, 0) is 24.6 Å². The van der Waals surface area contributed by atoms with Gasteiger partial charge in [0.05, 0.1) is 7.11 Å². The van der Waals surface area contributed by atoms with Crippen LogP contribution in [0.25, 0.3) is 0 Å². The molecule has 0 fully saturated rings.